The summed E-state index contributed by atoms with van der Waals surface area (Å²) in [5, 5.41) is 0. The van der Waals surface area contributed by atoms with Gasteiger partial charge in [-0.05, 0) is 0 Å². The maximum atomic E-state index is 4.47. The molecule has 0 saturated carbocycles. The van der Waals surface area contributed by atoms with E-state index < -0.39 is 0 Å². The summed E-state index contributed by atoms with van der Waals surface area (Å²) in [5.74, 6) is 0. The maximum Gasteiger partial charge on any atom is 0.180 e. The van der Waals surface area contributed by atoms with E-state index in [0.717, 1.165) is 0 Å². The molecule has 1 radical (unpaired) electrons. The molecule has 0 spiro atoms. The van der Waals surface area contributed by atoms with Crippen molar-refractivity contribution >= 4 is 0 Å². The van der Waals surface area contributed by atoms with Gasteiger partial charge in [-0.2, -0.15) is 0 Å². The summed E-state index contributed by atoms with van der Waals surface area (Å²) in [6.45, 7) is 0. The average molecular weight is 310 g/mol. The van der Waals surface area contributed by atoms with Crippen LogP contribution in [0.1, 0.15) is 0 Å². The summed E-state index contributed by atoms with van der Waals surface area (Å²) in [4.78, 5) is 10.7. The Bertz CT molecular complexity index is 258. The van der Waals surface area contributed by atoms with Gasteiger partial charge in [-0.25, -0.2) is 15.0 Å². The second-order valence-corrected chi connectivity index (χ2v) is 2.03. The van der Waals surface area contributed by atoms with Gasteiger partial charge in [-0.1, -0.05) is 0 Å². The van der Waals surface area contributed by atoms with Crippen LogP contribution >= 0.6 is 0 Å². The minimum atomic E-state index is 0. The molecule has 0 unspecified atom stereocenters. The van der Waals surface area contributed by atoms with Crippen molar-refractivity contribution in [2.45, 2.75) is 0 Å². The fraction of sp³-hybridized carbons (Fsp3) is 0. The Kier molecular flexibility index (Phi) is 10.1. The smallest absolute Gasteiger partial charge is 0.180 e. The molecule has 3 heterocycles. The summed E-state index contributed by atoms with van der Waals surface area (Å²) in [6.07, 6.45) is 13.4. The van der Waals surface area contributed by atoms with E-state index in [4.69, 9.17) is 0 Å². The van der Waals surface area contributed by atoms with Crippen LogP contribution in [0.3, 0.4) is 0 Å². The van der Waals surface area contributed by atoms with Crippen molar-refractivity contribution in [2.75, 3.05) is 0 Å². The predicted molar refractivity (Wildman–Crippen MR) is 49.5 cm³/mol. The SMILES string of the molecule is [Rh].c1cocn1.c1cocn1.c1cocn1. The zero-order chi connectivity index (χ0) is 10.6. The van der Waals surface area contributed by atoms with Crippen molar-refractivity contribution in [1.82, 2.24) is 15.0 Å². The molecule has 0 fully saturated rings. The zero-order valence-electron chi connectivity index (χ0n) is 8.10. The third-order valence-electron chi connectivity index (χ3n) is 1.04. The fourth-order valence-corrected chi connectivity index (χ4v) is 0.527. The van der Waals surface area contributed by atoms with E-state index in [2.05, 4.69) is 28.2 Å². The van der Waals surface area contributed by atoms with Crippen LogP contribution in [0.4, 0.5) is 0 Å². The van der Waals surface area contributed by atoms with Crippen molar-refractivity contribution in [1.29, 1.82) is 0 Å². The molecule has 87 valence electrons. The van der Waals surface area contributed by atoms with Crippen molar-refractivity contribution in [3.05, 3.63) is 56.6 Å². The molecule has 0 aliphatic heterocycles. The van der Waals surface area contributed by atoms with Crippen molar-refractivity contribution in [3.63, 3.8) is 0 Å². The van der Waals surface area contributed by atoms with Crippen LogP contribution in [0.15, 0.2) is 69.8 Å². The summed E-state index contributed by atoms with van der Waals surface area (Å²) < 4.78 is 13.4. The van der Waals surface area contributed by atoms with Gasteiger partial charge in [0.1, 0.15) is 18.8 Å². The number of rotatable bonds is 0. The van der Waals surface area contributed by atoms with Crippen LogP contribution < -0.4 is 0 Å². The molecule has 0 amide bonds. The van der Waals surface area contributed by atoms with E-state index >= 15 is 0 Å². The van der Waals surface area contributed by atoms with Gasteiger partial charge >= 0.3 is 0 Å². The van der Waals surface area contributed by atoms with Crippen LogP contribution in [0.2, 0.25) is 0 Å². The van der Waals surface area contributed by atoms with Crippen molar-refractivity contribution in [3.8, 4) is 0 Å². The molecule has 0 N–H and O–H groups in total. The Morgan fingerprint density at radius 3 is 0.938 bits per heavy atom. The molecule has 3 aromatic rings. The molecule has 16 heavy (non-hydrogen) atoms. The first kappa shape index (κ1) is 14.3. The topological polar surface area (TPSA) is 78.1 Å². The first-order valence-electron chi connectivity index (χ1n) is 3.96. The van der Waals surface area contributed by atoms with Crippen molar-refractivity contribution < 1.29 is 32.7 Å². The first-order chi connectivity index (χ1) is 7.50. The van der Waals surface area contributed by atoms with Crippen LogP contribution in [0.25, 0.3) is 0 Å². The number of nitrogens with zero attached hydrogens (tertiary/aromatic N) is 3. The molecule has 0 saturated heterocycles. The molecule has 7 heteroatoms. The van der Waals surface area contributed by atoms with Crippen LogP contribution in [-0.2, 0) is 19.5 Å². The summed E-state index contributed by atoms with van der Waals surface area (Å²) >= 11 is 0. The van der Waals surface area contributed by atoms with Gasteiger partial charge in [0.15, 0.2) is 19.2 Å². The number of aromatic nitrogens is 3. The molecule has 0 atom stereocenters. The van der Waals surface area contributed by atoms with Gasteiger partial charge < -0.3 is 13.3 Å². The van der Waals surface area contributed by atoms with Crippen molar-refractivity contribution in [2.24, 2.45) is 0 Å². The predicted octanol–water partition coefficient (Wildman–Crippen LogP) is 2.02. The van der Waals surface area contributed by atoms with E-state index in [1.54, 1.807) is 18.6 Å². The first-order valence-corrected chi connectivity index (χ1v) is 3.96. The zero-order valence-corrected chi connectivity index (χ0v) is 9.73. The van der Waals surface area contributed by atoms with E-state index in [1.807, 2.05) is 0 Å². The summed E-state index contributed by atoms with van der Waals surface area (Å²) in [5.41, 5.74) is 0. The Labute approximate surface area is 104 Å². The van der Waals surface area contributed by atoms with E-state index in [-0.39, 0.29) is 19.5 Å². The van der Waals surface area contributed by atoms with Gasteiger partial charge in [0.05, 0.1) is 18.6 Å². The second kappa shape index (κ2) is 11.3. The third kappa shape index (κ3) is 8.83. The second-order valence-electron chi connectivity index (χ2n) is 2.03. The fourth-order valence-electron chi connectivity index (χ4n) is 0.527. The molecule has 3 aromatic heterocycles. The van der Waals surface area contributed by atoms with Gasteiger partial charge in [-0.15, -0.1) is 0 Å². The largest absolute Gasteiger partial charge is 0.452 e. The quantitative estimate of drug-likeness (QED) is 0.591. The molecule has 6 nitrogen and oxygen atoms in total. The Balaban J connectivity index is 0.000000205. The molecule has 0 bridgehead atoms. The Hall–Kier alpha value is -1.75. The molecule has 0 aliphatic carbocycles. The number of hydrogen-bond acceptors (Lipinski definition) is 6. The average Bonchev–Trinajstić information content (AvgIpc) is 3.09. The number of oxazole rings is 3. The van der Waals surface area contributed by atoms with Gasteiger partial charge in [0, 0.05) is 19.5 Å². The maximum absolute atomic E-state index is 4.47. The Morgan fingerprint density at radius 1 is 0.562 bits per heavy atom. The third-order valence-corrected chi connectivity index (χ3v) is 1.04. The summed E-state index contributed by atoms with van der Waals surface area (Å²) in [6, 6.07) is 0. The van der Waals surface area contributed by atoms with Gasteiger partial charge in [0.25, 0.3) is 0 Å². The van der Waals surface area contributed by atoms with Crippen LogP contribution in [0, 0.1) is 0 Å². The van der Waals surface area contributed by atoms with E-state index in [9.17, 15) is 0 Å². The minimum absolute atomic E-state index is 0. The molecular formula is C9H9N3O3Rh. The summed E-state index contributed by atoms with van der Waals surface area (Å²) in [7, 11) is 0. The standard InChI is InChI=1S/3C3H3NO.Rh/c3*1-2-5-3-4-1;/h3*1-3H;. The monoisotopic (exact) mass is 310 g/mol. The Morgan fingerprint density at radius 2 is 0.875 bits per heavy atom. The van der Waals surface area contributed by atoms with Crippen LogP contribution in [-0.4, -0.2) is 15.0 Å². The van der Waals surface area contributed by atoms with Gasteiger partial charge in [0.2, 0.25) is 0 Å². The van der Waals surface area contributed by atoms with Gasteiger partial charge in [-0.3, -0.25) is 0 Å². The molecule has 0 aliphatic rings. The number of hydrogen-bond donors (Lipinski definition) is 0. The minimum Gasteiger partial charge on any atom is -0.452 e. The normalized spacial score (nSPS) is 7.50. The molecule has 3 rings (SSSR count). The van der Waals surface area contributed by atoms with E-state index in [1.165, 1.54) is 38.0 Å². The van der Waals surface area contributed by atoms with Crippen LogP contribution in [0.5, 0.6) is 0 Å². The molecular weight excluding hydrogens is 301 g/mol. The molecule has 0 aromatic carbocycles. The van der Waals surface area contributed by atoms with E-state index in [0.29, 0.717) is 0 Å².